The van der Waals surface area contributed by atoms with E-state index in [4.69, 9.17) is 11.6 Å². The maximum atomic E-state index is 12.8. The number of halogens is 1. The molecule has 2 heterocycles. The van der Waals surface area contributed by atoms with Crippen molar-refractivity contribution in [1.82, 2.24) is 4.90 Å². The lowest BCUT2D eigenvalue weighted by Crippen LogP contribution is -2.55. The predicted octanol–water partition coefficient (Wildman–Crippen LogP) is 4.30. The predicted molar refractivity (Wildman–Crippen MR) is 108 cm³/mol. The Bertz CT molecular complexity index is 928. The highest BCUT2D eigenvalue weighted by Gasteiger charge is 2.37. The van der Waals surface area contributed by atoms with E-state index >= 15 is 0 Å². The molecule has 0 unspecified atom stereocenters. The SMILES string of the molecule is Cc1ccc(NC(=O)c2ccc3c(c2)N(C)[C@@H]2CCCCN2C3=O)cc1Cl. The summed E-state index contributed by atoms with van der Waals surface area (Å²) in [6.45, 7) is 2.71. The molecule has 2 aromatic rings. The van der Waals surface area contributed by atoms with E-state index in [1.165, 1.54) is 0 Å². The maximum Gasteiger partial charge on any atom is 0.257 e. The van der Waals surface area contributed by atoms with Gasteiger partial charge in [0.25, 0.3) is 11.8 Å². The Morgan fingerprint density at radius 2 is 2.00 bits per heavy atom. The van der Waals surface area contributed by atoms with Gasteiger partial charge in [0.05, 0.1) is 11.3 Å². The van der Waals surface area contributed by atoms with Crippen LogP contribution in [0.2, 0.25) is 5.02 Å². The summed E-state index contributed by atoms with van der Waals surface area (Å²) < 4.78 is 0. The van der Waals surface area contributed by atoms with E-state index < -0.39 is 0 Å². The largest absolute Gasteiger partial charge is 0.354 e. The van der Waals surface area contributed by atoms with Crippen molar-refractivity contribution in [3.63, 3.8) is 0 Å². The van der Waals surface area contributed by atoms with Crippen molar-refractivity contribution >= 4 is 34.8 Å². The van der Waals surface area contributed by atoms with Crippen LogP contribution in [0, 0.1) is 6.92 Å². The molecule has 0 radical (unpaired) electrons. The number of piperidine rings is 1. The fourth-order valence-corrected chi connectivity index (χ4v) is 4.07. The van der Waals surface area contributed by atoms with Crippen LogP contribution in [0.5, 0.6) is 0 Å². The number of fused-ring (bicyclic) bond motifs is 2. The number of hydrogen-bond acceptors (Lipinski definition) is 3. The number of anilines is 2. The summed E-state index contributed by atoms with van der Waals surface area (Å²) in [5.74, 6) is -0.158. The van der Waals surface area contributed by atoms with Crippen molar-refractivity contribution < 1.29 is 9.59 Å². The summed E-state index contributed by atoms with van der Waals surface area (Å²) in [6.07, 6.45) is 3.20. The Kier molecular flexibility index (Phi) is 4.56. The number of rotatable bonds is 2. The molecular formula is C21H22ClN3O2. The van der Waals surface area contributed by atoms with E-state index in [9.17, 15) is 9.59 Å². The van der Waals surface area contributed by atoms with Crippen molar-refractivity contribution in [1.29, 1.82) is 0 Å². The lowest BCUT2D eigenvalue weighted by Gasteiger charge is -2.46. The summed E-state index contributed by atoms with van der Waals surface area (Å²) >= 11 is 6.14. The zero-order valence-electron chi connectivity index (χ0n) is 15.5. The Morgan fingerprint density at radius 1 is 1.19 bits per heavy atom. The smallest absolute Gasteiger partial charge is 0.257 e. The third kappa shape index (κ3) is 3.16. The Morgan fingerprint density at radius 3 is 2.78 bits per heavy atom. The van der Waals surface area contributed by atoms with Gasteiger partial charge in [0.1, 0.15) is 6.17 Å². The fourth-order valence-electron chi connectivity index (χ4n) is 3.89. The summed E-state index contributed by atoms with van der Waals surface area (Å²) in [5, 5.41) is 3.49. The molecule has 0 spiro atoms. The molecular weight excluding hydrogens is 362 g/mol. The van der Waals surface area contributed by atoms with E-state index in [0.717, 1.165) is 37.1 Å². The first-order valence-electron chi connectivity index (χ1n) is 9.21. The van der Waals surface area contributed by atoms with Crippen molar-refractivity contribution in [2.24, 2.45) is 0 Å². The zero-order chi connectivity index (χ0) is 19.1. The van der Waals surface area contributed by atoms with Gasteiger partial charge >= 0.3 is 0 Å². The summed E-state index contributed by atoms with van der Waals surface area (Å²) in [5.41, 5.74) is 3.61. The third-order valence-electron chi connectivity index (χ3n) is 5.48. The molecule has 0 saturated carbocycles. The van der Waals surface area contributed by atoms with Crippen LogP contribution in [0.25, 0.3) is 0 Å². The number of nitrogens with zero attached hydrogens (tertiary/aromatic N) is 2. The number of aryl methyl sites for hydroxylation is 1. The van der Waals surface area contributed by atoms with E-state index in [-0.39, 0.29) is 18.0 Å². The molecule has 0 aromatic heterocycles. The van der Waals surface area contributed by atoms with Gasteiger partial charge in [0, 0.05) is 29.9 Å². The second-order valence-corrected chi connectivity index (χ2v) is 7.64. The molecule has 140 valence electrons. The molecule has 1 N–H and O–H groups in total. The second kappa shape index (κ2) is 6.89. The van der Waals surface area contributed by atoms with Gasteiger partial charge in [-0.15, -0.1) is 0 Å². The Labute approximate surface area is 163 Å². The first-order chi connectivity index (χ1) is 13.0. The van der Waals surface area contributed by atoms with Crippen molar-refractivity contribution in [3.8, 4) is 0 Å². The Hall–Kier alpha value is -2.53. The zero-order valence-corrected chi connectivity index (χ0v) is 16.2. The minimum absolute atomic E-state index is 0.0603. The van der Waals surface area contributed by atoms with Gasteiger partial charge in [-0.05, 0) is 62.1 Å². The number of benzene rings is 2. The molecule has 27 heavy (non-hydrogen) atoms. The van der Waals surface area contributed by atoms with Gasteiger partial charge < -0.3 is 15.1 Å². The molecule has 1 saturated heterocycles. The fraction of sp³-hybridized carbons (Fsp3) is 0.333. The molecule has 1 fully saturated rings. The Balaban J connectivity index is 1.62. The van der Waals surface area contributed by atoms with E-state index in [0.29, 0.717) is 21.8 Å². The van der Waals surface area contributed by atoms with Gasteiger partial charge in [-0.25, -0.2) is 0 Å². The first-order valence-corrected chi connectivity index (χ1v) is 9.59. The first kappa shape index (κ1) is 17.9. The highest BCUT2D eigenvalue weighted by atomic mass is 35.5. The molecule has 1 atom stereocenters. The van der Waals surface area contributed by atoms with Crippen molar-refractivity contribution in [2.75, 3.05) is 23.8 Å². The number of nitrogens with one attached hydrogen (secondary N) is 1. The molecule has 2 amide bonds. The lowest BCUT2D eigenvalue weighted by atomic mass is 9.97. The molecule has 0 bridgehead atoms. The van der Waals surface area contributed by atoms with E-state index in [2.05, 4.69) is 10.2 Å². The van der Waals surface area contributed by atoms with Gasteiger partial charge in [-0.3, -0.25) is 9.59 Å². The average Bonchev–Trinajstić information content (AvgIpc) is 2.68. The van der Waals surface area contributed by atoms with Crippen molar-refractivity contribution in [2.45, 2.75) is 32.4 Å². The normalized spacial score (nSPS) is 18.8. The minimum Gasteiger partial charge on any atom is -0.354 e. The summed E-state index contributed by atoms with van der Waals surface area (Å²) in [4.78, 5) is 29.6. The molecule has 5 nitrogen and oxygen atoms in total. The molecule has 4 rings (SSSR count). The average molecular weight is 384 g/mol. The maximum absolute atomic E-state index is 12.8. The van der Waals surface area contributed by atoms with Crippen LogP contribution in [0.1, 0.15) is 45.5 Å². The van der Waals surface area contributed by atoms with Crippen LogP contribution in [-0.4, -0.2) is 36.5 Å². The quantitative estimate of drug-likeness (QED) is 0.841. The van der Waals surface area contributed by atoms with Crippen LogP contribution >= 0.6 is 11.6 Å². The van der Waals surface area contributed by atoms with Crippen molar-refractivity contribution in [3.05, 3.63) is 58.1 Å². The van der Waals surface area contributed by atoms with Crippen LogP contribution in [0.15, 0.2) is 36.4 Å². The van der Waals surface area contributed by atoms with Gasteiger partial charge in [-0.1, -0.05) is 17.7 Å². The molecule has 0 aliphatic carbocycles. The molecule has 2 aromatic carbocycles. The van der Waals surface area contributed by atoms with Crippen LogP contribution in [0.4, 0.5) is 11.4 Å². The second-order valence-electron chi connectivity index (χ2n) is 7.24. The highest BCUT2D eigenvalue weighted by Crippen LogP contribution is 2.35. The lowest BCUT2D eigenvalue weighted by molar-refractivity contribution is 0.0589. The van der Waals surface area contributed by atoms with Crippen LogP contribution in [-0.2, 0) is 0 Å². The van der Waals surface area contributed by atoms with Gasteiger partial charge in [0.2, 0.25) is 0 Å². The molecule has 2 aliphatic rings. The van der Waals surface area contributed by atoms with Crippen LogP contribution < -0.4 is 10.2 Å². The van der Waals surface area contributed by atoms with E-state index in [1.807, 2.05) is 37.1 Å². The van der Waals surface area contributed by atoms with Crippen LogP contribution in [0.3, 0.4) is 0 Å². The molecule has 2 aliphatic heterocycles. The topological polar surface area (TPSA) is 52.7 Å². The van der Waals surface area contributed by atoms with Gasteiger partial charge in [-0.2, -0.15) is 0 Å². The van der Waals surface area contributed by atoms with Gasteiger partial charge in [0.15, 0.2) is 0 Å². The molecule has 6 heteroatoms. The van der Waals surface area contributed by atoms with E-state index in [1.54, 1.807) is 18.2 Å². The summed E-state index contributed by atoms with van der Waals surface area (Å²) in [7, 11) is 2.00. The minimum atomic E-state index is -0.218. The monoisotopic (exact) mass is 383 g/mol. The number of amides is 2. The number of carbonyl (C=O) groups excluding carboxylic acids is 2. The number of hydrogen-bond donors (Lipinski definition) is 1. The number of carbonyl (C=O) groups is 2. The standard InChI is InChI=1S/C21H22ClN3O2/c1-13-6-8-15(12-17(13)22)23-20(26)14-7-9-16-18(11-14)24(2)19-5-3-4-10-25(19)21(16)27/h6-9,11-12,19H,3-5,10H2,1-2H3,(H,23,26)/t19-/m0/s1. The third-order valence-corrected chi connectivity index (χ3v) is 5.89. The summed E-state index contributed by atoms with van der Waals surface area (Å²) in [6, 6.07) is 10.7. The highest BCUT2D eigenvalue weighted by molar-refractivity contribution is 6.31.